The molecular weight excluding hydrogens is 324 g/mol. The third kappa shape index (κ3) is 5.74. The first-order chi connectivity index (χ1) is 11.3. The Balaban J connectivity index is 3.11. The predicted octanol–water partition coefficient (Wildman–Crippen LogP) is 4.26. The summed E-state index contributed by atoms with van der Waals surface area (Å²) < 4.78 is 0. The number of carbonyl (C=O) groups excluding carboxylic acids is 1. The van der Waals surface area contributed by atoms with E-state index in [0.29, 0.717) is 12.2 Å². The van der Waals surface area contributed by atoms with Crippen molar-refractivity contribution in [1.82, 2.24) is 5.32 Å². The minimum atomic E-state index is -1.18. The van der Waals surface area contributed by atoms with Gasteiger partial charge in [0.25, 0.3) is 0 Å². The number of carboxylic acid groups (broad SMARTS) is 1. The Hall–Kier alpha value is -1.69. The topological polar surface area (TPSA) is 78.4 Å². The van der Waals surface area contributed by atoms with Gasteiger partial charge in [-0.05, 0) is 41.4 Å². The quantitative estimate of drug-likeness (QED) is 0.653. The van der Waals surface area contributed by atoms with Crippen molar-refractivity contribution in [3.05, 3.63) is 29.3 Å². The van der Waals surface area contributed by atoms with Crippen LogP contribution in [0.2, 0.25) is 0 Å². The molecule has 134 valence electrons. The Morgan fingerprint density at radius 3 is 2.08 bits per heavy atom. The summed E-state index contributed by atoms with van der Waals surface area (Å²) in [6.07, 6.45) is 1.21. The number of hydrogen-bond donors (Lipinski definition) is 3. The number of thioether (sulfide) groups is 1. The van der Waals surface area contributed by atoms with Crippen LogP contribution in [0.25, 0.3) is 0 Å². The third-order valence-electron chi connectivity index (χ3n) is 3.85. The Kier molecular flexibility index (Phi) is 8.11. The highest BCUT2D eigenvalue weighted by Crippen LogP contribution is 2.32. The zero-order valence-electron chi connectivity index (χ0n) is 15.1. The Morgan fingerprint density at radius 2 is 1.67 bits per heavy atom. The van der Waals surface area contributed by atoms with Gasteiger partial charge in [0, 0.05) is 5.69 Å². The van der Waals surface area contributed by atoms with Crippen molar-refractivity contribution in [2.24, 2.45) is 0 Å². The standard InChI is InChI=1S/C18H28N2O3S/c1-11(2)13-7-6-8-14(12(3)4)16(13)20-17(21)15(9-10-24-5)19-18(22)23/h6-8,11-12,15,19H,9-10H2,1-5H3,(H,20,21)(H,22,23)/t15-/m0/s1. The van der Waals surface area contributed by atoms with E-state index in [1.165, 1.54) is 0 Å². The van der Waals surface area contributed by atoms with E-state index >= 15 is 0 Å². The number of carbonyl (C=O) groups is 2. The SMILES string of the molecule is CSCC[C@H](NC(=O)O)C(=O)Nc1c(C(C)C)cccc1C(C)C. The fraction of sp³-hybridized carbons (Fsp3) is 0.556. The lowest BCUT2D eigenvalue weighted by Gasteiger charge is -2.23. The predicted molar refractivity (Wildman–Crippen MR) is 101 cm³/mol. The van der Waals surface area contributed by atoms with Gasteiger partial charge >= 0.3 is 6.09 Å². The van der Waals surface area contributed by atoms with Crippen molar-refractivity contribution < 1.29 is 14.7 Å². The molecule has 0 radical (unpaired) electrons. The second kappa shape index (κ2) is 9.57. The van der Waals surface area contributed by atoms with Crippen molar-refractivity contribution in [2.75, 3.05) is 17.3 Å². The van der Waals surface area contributed by atoms with Crippen LogP contribution in [0.1, 0.15) is 57.1 Å². The number of amides is 2. The lowest BCUT2D eigenvalue weighted by atomic mass is 9.92. The molecule has 0 aliphatic heterocycles. The number of anilines is 1. The first-order valence-electron chi connectivity index (χ1n) is 8.20. The maximum Gasteiger partial charge on any atom is 0.405 e. The van der Waals surface area contributed by atoms with E-state index in [0.717, 1.165) is 16.8 Å². The second-order valence-electron chi connectivity index (χ2n) is 6.39. The van der Waals surface area contributed by atoms with Gasteiger partial charge in [0.15, 0.2) is 0 Å². The van der Waals surface area contributed by atoms with Crippen LogP contribution in [0, 0.1) is 0 Å². The monoisotopic (exact) mass is 352 g/mol. The zero-order chi connectivity index (χ0) is 18.3. The van der Waals surface area contributed by atoms with E-state index in [1.807, 2.05) is 24.5 Å². The lowest BCUT2D eigenvalue weighted by molar-refractivity contribution is -0.118. The number of para-hydroxylation sites is 1. The van der Waals surface area contributed by atoms with Crippen molar-refractivity contribution in [2.45, 2.75) is 52.0 Å². The van der Waals surface area contributed by atoms with Gasteiger partial charge in [0.1, 0.15) is 6.04 Å². The molecule has 2 amide bonds. The van der Waals surface area contributed by atoms with Crippen LogP contribution in [0.4, 0.5) is 10.5 Å². The largest absolute Gasteiger partial charge is 0.465 e. The fourth-order valence-corrected chi connectivity index (χ4v) is 3.03. The summed E-state index contributed by atoms with van der Waals surface area (Å²) in [5.41, 5.74) is 2.94. The first kappa shape index (κ1) is 20.4. The van der Waals surface area contributed by atoms with E-state index < -0.39 is 12.1 Å². The van der Waals surface area contributed by atoms with Crippen LogP contribution in [0.5, 0.6) is 0 Å². The average molecular weight is 353 g/mol. The number of benzene rings is 1. The molecule has 1 aromatic rings. The van der Waals surface area contributed by atoms with Crippen LogP contribution in [-0.2, 0) is 4.79 Å². The first-order valence-corrected chi connectivity index (χ1v) is 9.59. The Bertz CT molecular complexity index is 547. The van der Waals surface area contributed by atoms with E-state index in [4.69, 9.17) is 5.11 Å². The smallest absolute Gasteiger partial charge is 0.405 e. The highest BCUT2D eigenvalue weighted by Gasteiger charge is 2.23. The molecule has 0 heterocycles. The zero-order valence-corrected chi connectivity index (χ0v) is 15.9. The molecule has 0 aliphatic rings. The van der Waals surface area contributed by atoms with Crippen LogP contribution in [0.15, 0.2) is 18.2 Å². The van der Waals surface area contributed by atoms with E-state index in [9.17, 15) is 9.59 Å². The van der Waals surface area contributed by atoms with E-state index in [-0.39, 0.29) is 17.7 Å². The number of nitrogens with one attached hydrogen (secondary N) is 2. The normalized spacial score (nSPS) is 12.3. The van der Waals surface area contributed by atoms with Crippen molar-refractivity contribution in [3.8, 4) is 0 Å². The maximum absolute atomic E-state index is 12.7. The molecule has 6 heteroatoms. The van der Waals surface area contributed by atoms with Gasteiger partial charge in [-0.1, -0.05) is 45.9 Å². The molecule has 0 saturated carbocycles. The second-order valence-corrected chi connectivity index (χ2v) is 7.38. The summed E-state index contributed by atoms with van der Waals surface area (Å²) in [6.45, 7) is 8.32. The number of hydrogen-bond acceptors (Lipinski definition) is 3. The number of rotatable bonds is 8. The van der Waals surface area contributed by atoms with Gasteiger partial charge in [0.05, 0.1) is 0 Å². The van der Waals surface area contributed by atoms with Gasteiger partial charge in [0.2, 0.25) is 5.91 Å². The van der Waals surface area contributed by atoms with Gasteiger partial charge in [-0.3, -0.25) is 4.79 Å². The lowest BCUT2D eigenvalue weighted by Crippen LogP contribution is -2.43. The third-order valence-corrected chi connectivity index (χ3v) is 4.49. The van der Waals surface area contributed by atoms with Crippen molar-refractivity contribution in [3.63, 3.8) is 0 Å². The molecule has 0 bridgehead atoms. The van der Waals surface area contributed by atoms with Gasteiger partial charge in [-0.2, -0.15) is 11.8 Å². The fourth-order valence-electron chi connectivity index (χ4n) is 2.56. The summed E-state index contributed by atoms with van der Waals surface area (Å²) in [7, 11) is 0. The summed E-state index contributed by atoms with van der Waals surface area (Å²) in [5, 5.41) is 14.3. The highest BCUT2D eigenvalue weighted by atomic mass is 32.2. The molecule has 0 aromatic heterocycles. The molecule has 0 unspecified atom stereocenters. The van der Waals surface area contributed by atoms with Gasteiger partial charge in [-0.25, -0.2) is 4.79 Å². The molecule has 5 nitrogen and oxygen atoms in total. The average Bonchev–Trinajstić information content (AvgIpc) is 2.50. The van der Waals surface area contributed by atoms with Gasteiger partial charge in [-0.15, -0.1) is 0 Å². The van der Waals surface area contributed by atoms with Crippen molar-refractivity contribution >= 4 is 29.4 Å². The van der Waals surface area contributed by atoms with Crippen LogP contribution >= 0.6 is 11.8 Å². The molecule has 24 heavy (non-hydrogen) atoms. The molecule has 3 N–H and O–H groups in total. The Morgan fingerprint density at radius 1 is 1.12 bits per heavy atom. The van der Waals surface area contributed by atoms with E-state index in [1.54, 1.807) is 11.8 Å². The molecule has 0 spiro atoms. The summed E-state index contributed by atoms with van der Waals surface area (Å²) in [4.78, 5) is 23.6. The van der Waals surface area contributed by atoms with E-state index in [2.05, 4.69) is 38.3 Å². The summed E-state index contributed by atoms with van der Waals surface area (Å²) in [6, 6.07) is 5.26. The summed E-state index contributed by atoms with van der Waals surface area (Å²) in [5.74, 6) is 0.926. The molecule has 1 aromatic carbocycles. The van der Waals surface area contributed by atoms with Crippen LogP contribution in [-0.4, -0.2) is 35.2 Å². The van der Waals surface area contributed by atoms with Crippen LogP contribution < -0.4 is 10.6 Å². The maximum atomic E-state index is 12.7. The summed E-state index contributed by atoms with van der Waals surface area (Å²) >= 11 is 1.58. The molecule has 0 saturated heterocycles. The molecular formula is C18H28N2O3S. The van der Waals surface area contributed by atoms with Gasteiger partial charge < -0.3 is 15.7 Å². The minimum Gasteiger partial charge on any atom is -0.465 e. The molecule has 0 fully saturated rings. The van der Waals surface area contributed by atoms with Crippen LogP contribution in [0.3, 0.4) is 0 Å². The minimum absolute atomic E-state index is 0.260. The van der Waals surface area contributed by atoms with Crippen molar-refractivity contribution in [1.29, 1.82) is 0 Å². The Labute approximate surface area is 148 Å². The molecule has 1 rings (SSSR count). The molecule has 0 aliphatic carbocycles. The molecule has 1 atom stereocenters. The highest BCUT2D eigenvalue weighted by molar-refractivity contribution is 7.98.